The molecular weight excluding hydrogens is 352 g/mol. The Bertz CT molecular complexity index is 781. The highest BCUT2D eigenvalue weighted by atomic mass is 16.2. The number of pyridine rings is 1. The van der Waals surface area contributed by atoms with Crippen LogP contribution in [-0.4, -0.2) is 28.5 Å². The molecule has 1 atom stereocenters. The molecule has 0 aliphatic carbocycles. The molecular formula is C22H34N4O2. The van der Waals surface area contributed by atoms with Gasteiger partial charge in [0.1, 0.15) is 6.04 Å². The van der Waals surface area contributed by atoms with Gasteiger partial charge in [-0.3, -0.25) is 20.0 Å². The summed E-state index contributed by atoms with van der Waals surface area (Å²) in [6, 6.07) is 10.5. The van der Waals surface area contributed by atoms with Crippen LogP contribution in [-0.2, 0) is 4.79 Å². The third-order valence-corrected chi connectivity index (χ3v) is 4.44. The second-order valence-corrected chi connectivity index (χ2v) is 6.35. The molecule has 2 aromatic rings. The maximum Gasteiger partial charge on any atom is 0.256 e. The van der Waals surface area contributed by atoms with E-state index in [0.29, 0.717) is 24.3 Å². The van der Waals surface area contributed by atoms with Crippen LogP contribution in [0.2, 0.25) is 0 Å². The lowest BCUT2D eigenvalue weighted by Crippen LogP contribution is -2.42. The molecule has 1 amide bonds. The Kier molecular flexibility index (Phi) is 10.0. The van der Waals surface area contributed by atoms with Gasteiger partial charge in [-0.25, -0.2) is 0 Å². The minimum atomic E-state index is -0.688. The zero-order valence-corrected chi connectivity index (χ0v) is 17.7. The fourth-order valence-electron chi connectivity index (χ4n) is 3.12. The molecule has 1 unspecified atom stereocenters. The molecule has 0 fully saturated rings. The minimum Gasteiger partial charge on any atom is -0.341 e. The number of amides is 1. The van der Waals surface area contributed by atoms with Crippen LogP contribution in [0.1, 0.15) is 57.7 Å². The van der Waals surface area contributed by atoms with E-state index in [1.807, 2.05) is 62.9 Å². The van der Waals surface area contributed by atoms with Crippen molar-refractivity contribution in [3.05, 3.63) is 64.1 Å². The number of nitrogens with one attached hydrogen (secondary N) is 1. The lowest BCUT2D eigenvalue weighted by Gasteiger charge is -2.28. The molecule has 0 bridgehead atoms. The molecule has 0 radical (unpaired) electrons. The first kappa shape index (κ1) is 23.4. The monoisotopic (exact) mass is 386 g/mol. The molecule has 2 rings (SSSR count). The van der Waals surface area contributed by atoms with Crippen molar-refractivity contribution in [2.45, 2.75) is 53.5 Å². The van der Waals surface area contributed by atoms with Crippen LogP contribution in [0.3, 0.4) is 0 Å². The van der Waals surface area contributed by atoms with Crippen LogP contribution in [0.5, 0.6) is 0 Å². The van der Waals surface area contributed by atoms with Gasteiger partial charge >= 0.3 is 0 Å². The van der Waals surface area contributed by atoms with Gasteiger partial charge in [-0.15, -0.1) is 0 Å². The van der Waals surface area contributed by atoms with Crippen molar-refractivity contribution in [3.63, 3.8) is 0 Å². The molecule has 0 saturated heterocycles. The number of nitrogen functional groups attached to an aromatic ring is 1. The van der Waals surface area contributed by atoms with E-state index >= 15 is 0 Å². The summed E-state index contributed by atoms with van der Waals surface area (Å²) in [6.45, 7) is 11.1. The van der Waals surface area contributed by atoms with Crippen molar-refractivity contribution in [1.82, 2.24) is 9.47 Å². The number of rotatable bonds is 8. The lowest BCUT2D eigenvalue weighted by atomic mass is 10.0. The number of nitrogens with zero attached hydrogens (tertiary/aromatic N) is 2. The van der Waals surface area contributed by atoms with Crippen molar-refractivity contribution in [2.24, 2.45) is 5.84 Å². The summed E-state index contributed by atoms with van der Waals surface area (Å²) in [6.07, 6.45) is 3.38. The Hall–Kier alpha value is -2.60. The maximum atomic E-state index is 13.4. The highest BCUT2D eigenvalue weighted by molar-refractivity contribution is 5.83. The first-order valence-corrected chi connectivity index (χ1v) is 10.1. The van der Waals surface area contributed by atoms with E-state index in [2.05, 4.69) is 5.43 Å². The number of nitrogens with two attached hydrogens (primary N) is 1. The van der Waals surface area contributed by atoms with E-state index in [-0.39, 0.29) is 11.5 Å². The van der Waals surface area contributed by atoms with Gasteiger partial charge in [-0.05, 0) is 31.4 Å². The number of benzene rings is 1. The molecule has 154 valence electrons. The first-order valence-electron chi connectivity index (χ1n) is 10.1. The van der Waals surface area contributed by atoms with Crippen molar-refractivity contribution < 1.29 is 4.79 Å². The largest absolute Gasteiger partial charge is 0.341 e. The number of carbonyl (C=O) groups is 1. The Morgan fingerprint density at radius 3 is 2.18 bits per heavy atom. The summed E-state index contributed by atoms with van der Waals surface area (Å²) < 4.78 is 1.51. The number of hydrogen-bond acceptors (Lipinski definition) is 4. The summed E-state index contributed by atoms with van der Waals surface area (Å²) in [5.41, 5.74) is 4.14. The molecule has 6 heteroatoms. The average Bonchev–Trinajstić information content (AvgIpc) is 2.73. The van der Waals surface area contributed by atoms with Crippen molar-refractivity contribution in [3.8, 4) is 0 Å². The average molecular weight is 387 g/mol. The highest BCUT2D eigenvalue weighted by Crippen LogP contribution is 2.21. The van der Waals surface area contributed by atoms with Gasteiger partial charge in [0, 0.05) is 24.8 Å². The van der Waals surface area contributed by atoms with Crippen LogP contribution < -0.4 is 16.8 Å². The Morgan fingerprint density at radius 1 is 1.11 bits per heavy atom. The molecule has 1 heterocycles. The summed E-state index contributed by atoms with van der Waals surface area (Å²) in [7, 11) is 0. The second kappa shape index (κ2) is 12.0. The van der Waals surface area contributed by atoms with Crippen LogP contribution in [0.4, 0.5) is 5.69 Å². The van der Waals surface area contributed by atoms with Gasteiger partial charge in [0.2, 0.25) is 5.91 Å². The summed E-state index contributed by atoms with van der Waals surface area (Å²) in [5.74, 6) is 5.41. The molecule has 1 aromatic heterocycles. The second-order valence-electron chi connectivity index (χ2n) is 6.35. The van der Waals surface area contributed by atoms with Gasteiger partial charge in [0.05, 0.1) is 5.69 Å². The highest BCUT2D eigenvalue weighted by Gasteiger charge is 2.28. The van der Waals surface area contributed by atoms with E-state index in [0.717, 1.165) is 18.4 Å². The van der Waals surface area contributed by atoms with Crippen LogP contribution >= 0.6 is 0 Å². The zero-order valence-electron chi connectivity index (χ0n) is 17.7. The van der Waals surface area contributed by atoms with Gasteiger partial charge in [-0.1, -0.05) is 58.0 Å². The van der Waals surface area contributed by atoms with Gasteiger partial charge < -0.3 is 10.3 Å². The normalized spacial score (nSPS) is 11.2. The van der Waals surface area contributed by atoms with Gasteiger partial charge in [0.15, 0.2) is 0 Å². The van der Waals surface area contributed by atoms with Crippen molar-refractivity contribution in [2.75, 3.05) is 18.5 Å². The van der Waals surface area contributed by atoms with Crippen LogP contribution in [0, 0.1) is 6.92 Å². The third-order valence-electron chi connectivity index (χ3n) is 4.44. The molecule has 0 saturated carbocycles. The smallest absolute Gasteiger partial charge is 0.256 e. The predicted molar refractivity (Wildman–Crippen MR) is 116 cm³/mol. The summed E-state index contributed by atoms with van der Waals surface area (Å²) in [4.78, 5) is 28.1. The Morgan fingerprint density at radius 2 is 1.68 bits per heavy atom. The number of aromatic nitrogens is 1. The standard InChI is InChI=1S/C20H28N4O2.C2H6/c1-4-12-23(13-5-2)20(26)18(16-9-7-6-8-10-16)24-14-11-17(22-21)15(3)19(24)25;1-2/h6-11,14,18,22H,4-5,12-13,21H2,1-3H3;1-2H3. The van der Waals surface area contributed by atoms with E-state index in [9.17, 15) is 9.59 Å². The van der Waals surface area contributed by atoms with E-state index in [1.165, 1.54) is 4.57 Å². The SMILES string of the molecule is CC.CCCN(CCC)C(=O)C(c1ccccc1)n1ccc(NN)c(C)c1=O. The molecule has 0 spiro atoms. The predicted octanol–water partition coefficient (Wildman–Crippen LogP) is 3.71. The van der Waals surface area contributed by atoms with Crippen molar-refractivity contribution in [1.29, 1.82) is 0 Å². The Labute approximate surface area is 168 Å². The fourth-order valence-corrected chi connectivity index (χ4v) is 3.12. The summed E-state index contributed by atoms with van der Waals surface area (Å²) in [5, 5.41) is 0. The fraction of sp³-hybridized carbons (Fsp3) is 0.455. The maximum absolute atomic E-state index is 13.4. The van der Waals surface area contributed by atoms with E-state index in [1.54, 1.807) is 19.2 Å². The van der Waals surface area contributed by atoms with Gasteiger partial charge in [0.25, 0.3) is 5.56 Å². The summed E-state index contributed by atoms with van der Waals surface area (Å²) >= 11 is 0. The molecule has 6 nitrogen and oxygen atoms in total. The molecule has 0 aliphatic rings. The minimum absolute atomic E-state index is 0.0603. The first-order chi connectivity index (χ1) is 13.5. The number of carbonyl (C=O) groups excluding carboxylic acids is 1. The number of hydrogen-bond donors (Lipinski definition) is 2. The van der Waals surface area contributed by atoms with E-state index < -0.39 is 6.04 Å². The van der Waals surface area contributed by atoms with Crippen LogP contribution in [0.15, 0.2) is 47.4 Å². The van der Waals surface area contributed by atoms with Crippen molar-refractivity contribution >= 4 is 11.6 Å². The van der Waals surface area contributed by atoms with Crippen LogP contribution in [0.25, 0.3) is 0 Å². The quantitative estimate of drug-likeness (QED) is 0.535. The molecule has 3 N–H and O–H groups in total. The topological polar surface area (TPSA) is 80.4 Å². The molecule has 1 aromatic carbocycles. The third kappa shape index (κ3) is 5.45. The number of hydrazine groups is 1. The molecule has 28 heavy (non-hydrogen) atoms. The van der Waals surface area contributed by atoms with Gasteiger partial charge in [-0.2, -0.15) is 0 Å². The number of anilines is 1. The van der Waals surface area contributed by atoms with E-state index in [4.69, 9.17) is 5.84 Å². The Balaban J connectivity index is 0.00000190. The zero-order chi connectivity index (χ0) is 21.1. The lowest BCUT2D eigenvalue weighted by molar-refractivity contribution is -0.133. The molecule has 0 aliphatic heterocycles.